The molecule has 1 aromatic heterocycles. The molecule has 0 radical (unpaired) electrons. The summed E-state index contributed by atoms with van der Waals surface area (Å²) in [4.78, 5) is 13.9. The summed E-state index contributed by atoms with van der Waals surface area (Å²) in [7, 11) is 0. The van der Waals surface area contributed by atoms with Crippen LogP contribution in [0.5, 0.6) is 11.5 Å². The SMILES string of the molecule is CC=COCCOc1ccc(-c2nc(-c3ccccc3)nc(-c3ccccc3)n2)c(O)c1. The van der Waals surface area contributed by atoms with E-state index >= 15 is 0 Å². The van der Waals surface area contributed by atoms with Crippen LogP contribution in [0.4, 0.5) is 0 Å². The van der Waals surface area contributed by atoms with E-state index in [1.54, 1.807) is 24.5 Å². The normalized spacial score (nSPS) is 10.9. The van der Waals surface area contributed by atoms with Gasteiger partial charge in [0.25, 0.3) is 0 Å². The van der Waals surface area contributed by atoms with Crippen molar-refractivity contribution in [1.29, 1.82) is 0 Å². The Morgan fingerprint density at radius 3 is 1.91 bits per heavy atom. The molecule has 0 saturated carbocycles. The minimum absolute atomic E-state index is 0.0288. The summed E-state index contributed by atoms with van der Waals surface area (Å²) < 4.78 is 10.9. The minimum Gasteiger partial charge on any atom is -0.507 e. The average molecular weight is 425 g/mol. The zero-order valence-corrected chi connectivity index (χ0v) is 17.7. The van der Waals surface area contributed by atoms with Crippen LogP contribution in [-0.4, -0.2) is 33.3 Å². The van der Waals surface area contributed by atoms with Gasteiger partial charge in [-0.2, -0.15) is 0 Å². The van der Waals surface area contributed by atoms with Gasteiger partial charge in [-0.1, -0.05) is 66.7 Å². The highest BCUT2D eigenvalue weighted by atomic mass is 16.5. The average Bonchev–Trinajstić information content (AvgIpc) is 2.85. The number of ether oxygens (including phenoxy) is 2. The van der Waals surface area contributed by atoms with Crippen LogP contribution >= 0.6 is 0 Å². The lowest BCUT2D eigenvalue weighted by atomic mass is 10.1. The van der Waals surface area contributed by atoms with Gasteiger partial charge in [-0.15, -0.1) is 0 Å². The zero-order valence-electron chi connectivity index (χ0n) is 17.7. The van der Waals surface area contributed by atoms with Crippen molar-refractivity contribution in [2.45, 2.75) is 6.92 Å². The summed E-state index contributed by atoms with van der Waals surface area (Å²) in [5, 5.41) is 10.7. The molecule has 0 fully saturated rings. The van der Waals surface area contributed by atoms with E-state index in [9.17, 15) is 5.11 Å². The molecule has 0 saturated heterocycles. The van der Waals surface area contributed by atoms with Gasteiger partial charge < -0.3 is 14.6 Å². The first-order valence-electron chi connectivity index (χ1n) is 10.3. The molecule has 0 spiro atoms. The van der Waals surface area contributed by atoms with Crippen LogP contribution in [-0.2, 0) is 4.74 Å². The fourth-order valence-electron chi connectivity index (χ4n) is 3.09. The highest BCUT2D eigenvalue weighted by Gasteiger charge is 2.15. The summed E-state index contributed by atoms with van der Waals surface area (Å²) in [6, 6.07) is 24.5. The van der Waals surface area contributed by atoms with Crippen LogP contribution in [0.3, 0.4) is 0 Å². The lowest BCUT2D eigenvalue weighted by Crippen LogP contribution is -2.04. The number of hydrogen-bond acceptors (Lipinski definition) is 6. The molecule has 4 rings (SSSR count). The Hall–Kier alpha value is -4.19. The predicted octanol–water partition coefficient (Wildman–Crippen LogP) is 5.51. The number of aromatic hydroxyl groups is 1. The number of phenolic OH excluding ortho intramolecular Hbond substituents is 1. The highest BCUT2D eigenvalue weighted by molar-refractivity contribution is 5.70. The molecule has 6 nitrogen and oxygen atoms in total. The van der Waals surface area contributed by atoms with Crippen molar-refractivity contribution < 1.29 is 14.6 Å². The first kappa shape index (κ1) is 21.1. The second-order valence-corrected chi connectivity index (χ2v) is 6.91. The van der Waals surface area contributed by atoms with Crippen LogP contribution in [0.1, 0.15) is 6.92 Å². The molecule has 0 unspecified atom stereocenters. The minimum atomic E-state index is 0.0288. The van der Waals surface area contributed by atoms with Crippen LogP contribution in [0, 0.1) is 0 Å². The Morgan fingerprint density at radius 2 is 1.34 bits per heavy atom. The van der Waals surface area contributed by atoms with Gasteiger partial charge in [0.15, 0.2) is 17.5 Å². The number of rotatable bonds is 8. The molecule has 0 bridgehead atoms. The smallest absolute Gasteiger partial charge is 0.167 e. The molecule has 0 atom stereocenters. The largest absolute Gasteiger partial charge is 0.507 e. The van der Waals surface area contributed by atoms with E-state index < -0.39 is 0 Å². The maximum atomic E-state index is 10.7. The van der Waals surface area contributed by atoms with Crippen LogP contribution in [0.15, 0.2) is 91.2 Å². The molecule has 4 aromatic rings. The molecule has 32 heavy (non-hydrogen) atoms. The third-order valence-electron chi connectivity index (χ3n) is 4.61. The molecule has 160 valence electrons. The van der Waals surface area contributed by atoms with E-state index in [0.29, 0.717) is 42.0 Å². The third kappa shape index (κ3) is 5.10. The standard InChI is InChI=1S/C26H23N3O3/c1-2-15-31-16-17-32-21-13-14-22(23(30)18-21)26-28-24(19-9-5-3-6-10-19)27-25(29-26)20-11-7-4-8-12-20/h2-15,18,30H,16-17H2,1H3. The number of hydrogen-bond donors (Lipinski definition) is 1. The summed E-state index contributed by atoms with van der Waals surface area (Å²) in [5.74, 6) is 2.03. The first-order valence-corrected chi connectivity index (χ1v) is 10.3. The van der Waals surface area contributed by atoms with E-state index in [2.05, 4.69) is 15.0 Å². The van der Waals surface area contributed by atoms with Crippen molar-refractivity contribution in [1.82, 2.24) is 15.0 Å². The van der Waals surface area contributed by atoms with Crippen LogP contribution in [0.25, 0.3) is 34.2 Å². The molecular formula is C26H23N3O3. The molecule has 1 heterocycles. The maximum Gasteiger partial charge on any atom is 0.167 e. The fourth-order valence-corrected chi connectivity index (χ4v) is 3.09. The second-order valence-electron chi connectivity index (χ2n) is 6.91. The van der Waals surface area contributed by atoms with Crippen molar-refractivity contribution in [3.8, 4) is 45.7 Å². The number of allylic oxidation sites excluding steroid dienone is 1. The Bertz CT molecular complexity index is 1140. The fraction of sp³-hybridized carbons (Fsp3) is 0.115. The Labute approximate surface area is 186 Å². The van der Waals surface area contributed by atoms with Gasteiger partial charge >= 0.3 is 0 Å². The molecule has 3 aromatic carbocycles. The Kier molecular flexibility index (Phi) is 6.72. The van der Waals surface area contributed by atoms with Crippen molar-refractivity contribution in [2.24, 2.45) is 0 Å². The third-order valence-corrected chi connectivity index (χ3v) is 4.61. The summed E-state index contributed by atoms with van der Waals surface area (Å²) in [6.07, 6.45) is 3.42. The van der Waals surface area contributed by atoms with Crippen LogP contribution < -0.4 is 4.74 Å². The lowest BCUT2D eigenvalue weighted by molar-refractivity contribution is 0.178. The second kappa shape index (κ2) is 10.2. The monoisotopic (exact) mass is 425 g/mol. The lowest BCUT2D eigenvalue weighted by Gasteiger charge is -2.11. The van der Waals surface area contributed by atoms with E-state index in [1.165, 1.54) is 0 Å². The summed E-state index contributed by atoms with van der Waals surface area (Å²) >= 11 is 0. The molecule has 0 amide bonds. The Balaban J connectivity index is 1.68. The number of phenols is 1. The topological polar surface area (TPSA) is 77.4 Å². The number of nitrogens with zero attached hydrogens (tertiary/aromatic N) is 3. The van der Waals surface area contributed by atoms with Crippen molar-refractivity contribution in [2.75, 3.05) is 13.2 Å². The van der Waals surface area contributed by atoms with Gasteiger partial charge in [0.05, 0.1) is 11.8 Å². The maximum absolute atomic E-state index is 10.7. The highest BCUT2D eigenvalue weighted by Crippen LogP contribution is 2.32. The van der Waals surface area contributed by atoms with E-state index in [0.717, 1.165) is 11.1 Å². The molecule has 0 aliphatic heterocycles. The van der Waals surface area contributed by atoms with E-state index in [1.807, 2.05) is 73.7 Å². The van der Waals surface area contributed by atoms with Crippen molar-refractivity contribution in [3.05, 3.63) is 91.2 Å². The number of aromatic nitrogens is 3. The Morgan fingerprint density at radius 1 is 0.750 bits per heavy atom. The van der Waals surface area contributed by atoms with Gasteiger partial charge in [0, 0.05) is 17.2 Å². The van der Waals surface area contributed by atoms with Gasteiger partial charge in [-0.05, 0) is 19.1 Å². The molecule has 6 heteroatoms. The molecule has 0 aliphatic rings. The predicted molar refractivity (Wildman–Crippen MR) is 124 cm³/mol. The zero-order chi connectivity index (χ0) is 22.2. The molecular weight excluding hydrogens is 402 g/mol. The summed E-state index contributed by atoms with van der Waals surface area (Å²) in [5.41, 5.74) is 2.24. The van der Waals surface area contributed by atoms with Crippen molar-refractivity contribution in [3.63, 3.8) is 0 Å². The molecule has 1 N–H and O–H groups in total. The van der Waals surface area contributed by atoms with Gasteiger partial charge in [-0.25, -0.2) is 15.0 Å². The summed E-state index contributed by atoms with van der Waals surface area (Å²) in [6.45, 7) is 2.66. The van der Waals surface area contributed by atoms with E-state index in [4.69, 9.17) is 9.47 Å². The van der Waals surface area contributed by atoms with Gasteiger partial charge in [-0.3, -0.25) is 0 Å². The van der Waals surface area contributed by atoms with Crippen LogP contribution in [0.2, 0.25) is 0 Å². The molecule has 0 aliphatic carbocycles. The van der Waals surface area contributed by atoms with E-state index in [-0.39, 0.29) is 5.75 Å². The first-order chi connectivity index (χ1) is 15.7. The van der Waals surface area contributed by atoms with Crippen molar-refractivity contribution >= 4 is 0 Å². The van der Waals surface area contributed by atoms with Gasteiger partial charge in [0.1, 0.15) is 24.7 Å². The quantitative estimate of drug-likeness (QED) is 0.296. The van der Waals surface area contributed by atoms with Gasteiger partial charge in [0.2, 0.25) is 0 Å². The number of benzene rings is 3.